The van der Waals surface area contributed by atoms with Crippen LogP contribution in [0.5, 0.6) is 0 Å². The molecule has 0 unspecified atom stereocenters. The van der Waals surface area contributed by atoms with Gasteiger partial charge >= 0.3 is 0 Å². The molecular weight excluding hydrogens is 338 g/mol. The minimum Gasteiger partial charge on any atom is -0.346 e. The molecule has 0 spiro atoms. The molecule has 0 aliphatic carbocycles. The summed E-state index contributed by atoms with van der Waals surface area (Å²) in [6.07, 6.45) is 8.64. The largest absolute Gasteiger partial charge is 0.346 e. The quantitative estimate of drug-likeness (QED) is 0.694. The monoisotopic (exact) mass is 359 g/mol. The standard InChI is InChI=1S/C8H6ClN3OS2.C7H16/c9-5-1-7(14-4-5)8(13)10-2-6-3-11-15-12-6;1-3-5-7-6-4-2/h1,3-4H,2H2,(H,10,13);3-7H2,1-2H3. The highest BCUT2D eigenvalue weighted by Gasteiger charge is 2.08. The van der Waals surface area contributed by atoms with E-state index in [2.05, 4.69) is 27.9 Å². The van der Waals surface area contributed by atoms with Crippen molar-refractivity contribution in [3.8, 4) is 0 Å². The molecule has 0 bridgehead atoms. The van der Waals surface area contributed by atoms with Crippen LogP contribution in [0, 0.1) is 0 Å². The van der Waals surface area contributed by atoms with Gasteiger partial charge in [0.15, 0.2) is 0 Å². The van der Waals surface area contributed by atoms with Gasteiger partial charge in [0.05, 0.1) is 40.1 Å². The molecule has 22 heavy (non-hydrogen) atoms. The third kappa shape index (κ3) is 7.87. The van der Waals surface area contributed by atoms with E-state index >= 15 is 0 Å². The number of nitrogens with zero attached hydrogens (tertiary/aromatic N) is 2. The van der Waals surface area contributed by atoms with Crippen LogP contribution >= 0.6 is 34.7 Å². The molecule has 2 aromatic rings. The molecule has 7 heteroatoms. The molecule has 1 N–H and O–H groups in total. The highest BCUT2D eigenvalue weighted by Crippen LogP contribution is 2.18. The van der Waals surface area contributed by atoms with Crippen molar-refractivity contribution in [1.82, 2.24) is 14.1 Å². The fraction of sp³-hybridized carbons (Fsp3) is 0.533. The molecule has 0 atom stereocenters. The van der Waals surface area contributed by atoms with Crippen molar-refractivity contribution in [3.05, 3.63) is 33.2 Å². The molecule has 0 aromatic carbocycles. The Kier molecular flexibility index (Phi) is 10.0. The summed E-state index contributed by atoms with van der Waals surface area (Å²) in [7, 11) is 0. The summed E-state index contributed by atoms with van der Waals surface area (Å²) in [5.41, 5.74) is 0.760. The Morgan fingerprint density at radius 2 is 2.00 bits per heavy atom. The Bertz CT molecular complexity index is 525. The van der Waals surface area contributed by atoms with Crippen molar-refractivity contribution in [3.63, 3.8) is 0 Å². The van der Waals surface area contributed by atoms with E-state index < -0.39 is 0 Å². The Balaban J connectivity index is 0.000000295. The summed E-state index contributed by atoms with van der Waals surface area (Å²) in [6.45, 7) is 4.89. The molecule has 0 radical (unpaired) electrons. The number of hydrogen-bond donors (Lipinski definition) is 1. The van der Waals surface area contributed by atoms with E-state index in [1.54, 1.807) is 17.6 Å². The van der Waals surface area contributed by atoms with Crippen LogP contribution in [0.25, 0.3) is 0 Å². The Labute approximate surface area is 145 Å². The van der Waals surface area contributed by atoms with Crippen molar-refractivity contribution >= 4 is 40.6 Å². The average Bonchev–Trinajstić information content (AvgIpc) is 3.17. The van der Waals surface area contributed by atoms with Gasteiger partial charge in [0.2, 0.25) is 0 Å². The Hall–Kier alpha value is -0.980. The number of nitrogens with one attached hydrogen (secondary N) is 1. The molecule has 4 nitrogen and oxygen atoms in total. The van der Waals surface area contributed by atoms with Crippen LogP contribution in [0.15, 0.2) is 17.6 Å². The van der Waals surface area contributed by atoms with E-state index in [-0.39, 0.29) is 5.91 Å². The molecule has 0 fully saturated rings. The van der Waals surface area contributed by atoms with Gasteiger partial charge in [-0.25, -0.2) is 0 Å². The smallest absolute Gasteiger partial charge is 0.261 e. The Morgan fingerprint density at radius 3 is 2.50 bits per heavy atom. The van der Waals surface area contributed by atoms with E-state index in [4.69, 9.17) is 11.6 Å². The third-order valence-electron chi connectivity index (χ3n) is 2.84. The first-order chi connectivity index (χ1) is 10.7. The van der Waals surface area contributed by atoms with E-state index in [1.165, 1.54) is 43.4 Å². The molecule has 0 aliphatic heterocycles. The number of thiophene rings is 1. The highest BCUT2D eigenvalue weighted by molar-refractivity contribution is 7.12. The first-order valence-corrected chi connectivity index (χ1v) is 9.44. The second-order valence-corrected chi connectivity index (χ2v) is 6.68. The number of hydrogen-bond acceptors (Lipinski definition) is 5. The number of carbonyl (C=O) groups is 1. The van der Waals surface area contributed by atoms with Gasteiger partial charge in [-0.15, -0.1) is 11.3 Å². The van der Waals surface area contributed by atoms with Crippen LogP contribution in [0.3, 0.4) is 0 Å². The van der Waals surface area contributed by atoms with Gasteiger partial charge in [-0.1, -0.05) is 57.6 Å². The molecule has 2 rings (SSSR count). The van der Waals surface area contributed by atoms with Gasteiger partial charge in [0.1, 0.15) is 0 Å². The average molecular weight is 360 g/mol. The van der Waals surface area contributed by atoms with Crippen LogP contribution in [0.2, 0.25) is 5.02 Å². The van der Waals surface area contributed by atoms with Gasteiger partial charge in [0, 0.05) is 5.38 Å². The third-order valence-corrected chi connectivity index (χ3v) is 4.63. The predicted molar refractivity (Wildman–Crippen MR) is 94.8 cm³/mol. The minimum atomic E-state index is -0.139. The number of rotatable bonds is 7. The summed E-state index contributed by atoms with van der Waals surface area (Å²) >= 11 is 8.15. The van der Waals surface area contributed by atoms with E-state index in [0.29, 0.717) is 16.4 Å². The van der Waals surface area contributed by atoms with Crippen molar-refractivity contribution in [2.75, 3.05) is 0 Å². The number of carbonyl (C=O) groups excluding carboxylic acids is 1. The van der Waals surface area contributed by atoms with Crippen LogP contribution in [0.1, 0.15) is 61.3 Å². The van der Waals surface area contributed by atoms with E-state index in [0.717, 1.165) is 17.4 Å². The van der Waals surface area contributed by atoms with Crippen LogP contribution in [-0.2, 0) is 6.54 Å². The maximum Gasteiger partial charge on any atom is 0.261 e. The Morgan fingerprint density at radius 1 is 1.27 bits per heavy atom. The van der Waals surface area contributed by atoms with Crippen molar-refractivity contribution in [2.45, 2.75) is 52.5 Å². The summed E-state index contributed by atoms with van der Waals surface area (Å²) in [6, 6.07) is 1.64. The highest BCUT2D eigenvalue weighted by atomic mass is 35.5. The minimum absolute atomic E-state index is 0.139. The lowest BCUT2D eigenvalue weighted by atomic mass is 10.2. The van der Waals surface area contributed by atoms with Crippen LogP contribution in [-0.4, -0.2) is 14.7 Å². The molecule has 0 saturated heterocycles. The summed E-state index contributed by atoms with van der Waals surface area (Å²) < 4.78 is 7.82. The number of unbranched alkanes of at least 4 members (excludes halogenated alkanes) is 4. The number of amides is 1. The zero-order chi connectivity index (χ0) is 16.2. The van der Waals surface area contributed by atoms with Gasteiger partial charge in [0.25, 0.3) is 5.91 Å². The molecule has 1 amide bonds. The zero-order valence-electron chi connectivity index (χ0n) is 13.0. The molecule has 2 heterocycles. The first-order valence-electron chi connectivity index (χ1n) is 7.46. The molecule has 122 valence electrons. The number of aromatic nitrogens is 2. The number of halogens is 1. The SMILES string of the molecule is CCCCCCC.O=C(NCc1cnsn1)c1cc(Cl)cs1. The molecule has 2 aromatic heterocycles. The zero-order valence-corrected chi connectivity index (χ0v) is 15.4. The normalized spacial score (nSPS) is 9.95. The maximum atomic E-state index is 11.5. The second-order valence-electron chi connectivity index (χ2n) is 4.77. The van der Waals surface area contributed by atoms with Gasteiger partial charge < -0.3 is 5.32 Å². The topological polar surface area (TPSA) is 54.9 Å². The van der Waals surface area contributed by atoms with Crippen LogP contribution < -0.4 is 5.32 Å². The molecule has 0 aliphatic rings. The summed E-state index contributed by atoms with van der Waals surface area (Å²) in [4.78, 5) is 12.1. The maximum absolute atomic E-state index is 11.5. The lowest BCUT2D eigenvalue weighted by Gasteiger charge is -1.99. The van der Waals surface area contributed by atoms with Crippen molar-refractivity contribution in [1.29, 1.82) is 0 Å². The molecular formula is C15H22ClN3OS2. The second kappa shape index (κ2) is 11.6. The van der Waals surface area contributed by atoms with Gasteiger partial charge in [-0.05, 0) is 6.07 Å². The summed E-state index contributed by atoms with van der Waals surface area (Å²) in [5, 5.41) is 5.04. The summed E-state index contributed by atoms with van der Waals surface area (Å²) in [5.74, 6) is -0.139. The lowest BCUT2D eigenvalue weighted by molar-refractivity contribution is 0.0954. The van der Waals surface area contributed by atoms with Gasteiger partial charge in [-0.3, -0.25) is 4.79 Å². The first kappa shape index (κ1) is 19.1. The van der Waals surface area contributed by atoms with Crippen molar-refractivity contribution < 1.29 is 4.79 Å². The van der Waals surface area contributed by atoms with Gasteiger partial charge in [-0.2, -0.15) is 8.75 Å². The lowest BCUT2D eigenvalue weighted by Crippen LogP contribution is -2.21. The predicted octanol–water partition coefficient (Wildman–Crippen LogP) is 5.16. The fourth-order valence-corrected chi connectivity index (χ4v) is 3.05. The van der Waals surface area contributed by atoms with Crippen LogP contribution in [0.4, 0.5) is 0 Å². The van der Waals surface area contributed by atoms with E-state index in [1.807, 2.05) is 0 Å². The van der Waals surface area contributed by atoms with Crippen molar-refractivity contribution in [2.24, 2.45) is 0 Å². The van der Waals surface area contributed by atoms with E-state index in [9.17, 15) is 4.79 Å². The molecule has 0 saturated carbocycles. The fourth-order valence-electron chi connectivity index (χ4n) is 1.63.